The third-order valence-corrected chi connectivity index (χ3v) is 5.23. The minimum Gasteiger partial charge on any atom is -0.496 e. The lowest BCUT2D eigenvalue weighted by Gasteiger charge is -2.26. The summed E-state index contributed by atoms with van der Waals surface area (Å²) < 4.78 is 5.62. The highest BCUT2D eigenvalue weighted by Gasteiger charge is 2.22. The molecular formula is C24H34O. The molecule has 0 aliphatic carbocycles. The van der Waals surface area contributed by atoms with E-state index < -0.39 is 0 Å². The van der Waals surface area contributed by atoms with Gasteiger partial charge in [-0.15, -0.1) is 0 Å². The average molecular weight is 339 g/mol. The van der Waals surface area contributed by atoms with E-state index >= 15 is 0 Å². The quantitative estimate of drug-likeness (QED) is 0.553. The van der Waals surface area contributed by atoms with Crippen LogP contribution in [0.4, 0.5) is 0 Å². The van der Waals surface area contributed by atoms with Crippen molar-refractivity contribution in [3.8, 4) is 16.9 Å². The summed E-state index contributed by atoms with van der Waals surface area (Å²) in [5, 5.41) is 0. The maximum Gasteiger partial charge on any atom is 0.122 e. The van der Waals surface area contributed by atoms with Crippen molar-refractivity contribution in [2.24, 2.45) is 0 Å². The van der Waals surface area contributed by atoms with Crippen molar-refractivity contribution in [1.29, 1.82) is 0 Å². The zero-order valence-electron chi connectivity index (χ0n) is 17.4. The molecule has 0 radical (unpaired) electrons. The molecule has 0 unspecified atom stereocenters. The van der Waals surface area contributed by atoms with Crippen LogP contribution in [0.1, 0.15) is 87.1 Å². The first kappa shape index (κ1) is 19.6. The Balaban J connectivity index is 2.94. The molecule has 0 amide bonds. The Morgan fingerprint density at radius 2 is 1.24 bits per heavy atom. The molecule has 0 aromatic heterocycles. The van der Waals surface area contributed by atoms with Crippen LogP contribution in [0.2, 0.25) is 0 Å². The standard InChI is InChI=1S/C24H34O/c1-14(2)19-12-20(15(3)4)24(21(13-19)16(5)6)23-17(7)10-11-22(25-9)18(23)8/h10-16H,1-9H3. The maximum atomic E-state index is 5.62. The number of ether oxygens (including phenoxy) is 1. The van der Waals surface area contributed by atoms with Gasteiger partial charge in [0.2, 0.25) is 0 Å². The molecule has 0 spiro atoms. The fourth-order valence-corrected chi connectivity index (χ4v) is 3.68. The first-order valence-corrected chi connectivity index (χ1v) is 9.51. The first-order valence-electron chi connectivity index (χ1n) is 9.51. The Morgan fingerprint density at radius 1 is 0.720 bits per heavy atom. The Labute approximate surface area is 154 Å². The smallest absolute Gasteiger partial charge is 0.122 e. The Kier molecular flexibility index (Phi) is 5.98. The van der Waals surface area contributed by atoms with Crippen LogP contribution in [0.15, 0.2) is 24.3 Å². The maximum absolute atomic E-state index is 5.62. The third-order valence-electron chi connectivity index (χ3n) is 5.23. The van der Waals surface area contributed by atoms with Gasteiger partial charge in [-0.1, -0.05) is 59.7 Å². The van der Waals surface area contributed by atoms with Crippen molar-refractivity contribution in [2.75, 3.05) is 7.11 Å². The highest BCUT2D eigenvalue weighted by atomic mass is 16.5. The normalized spacial score (nSPS) is 11.7. The number of hydrogen-bond acceptors (Lipinski definition) is 1. The van der Waals surface area contributed by atoms with E-state index in [0.717, 1.165) is 5.75 Å². The lowest BCUT2D eigenvalue weighted by atomic mass is 9.79. The number of methoxy groups -OCH3 is 1. The molecule has 2 rings (SSSR count). The summed E-state index contributed by atoms with van der Waals surface area (Å²) in [5.41, 5.74) is 9.67. The fraction of sp³-hybridized carbons (Fsp3) is 0.500. The van der Waals surface area contributed by atoms with E-state index in [1.807, 2.05) is 0 Å². The zero-order valence-corrected chi connectivity index (χ0v) is 17.4. The molecule has 1 heteroatoms. The predicted octanol–water partition coefficient (Wildman–Crippen LogP) is 7.35. The molecule has 0 saturated carbocycles. The molecule has 2 aromatic rings. The number of benzene rings is 2. The van der Waals surface area contributed by atoms with Crippen LogP contribution in [0.3, 0.4) is 0 Å². The number of aryl methyl sites for hydroxylation is 1. The highest BCUT2D eigenvalue weighted by molar-refractivity contribution is 5.80. The van der Waals surface area contributed by atoms with Crippen molar-refractivity contribution < 1.29 is 4.74 Å². The van der Waals surface area contributed by atoms with Gasteiger partial charge in [0.15, 0.2) is 0 Å². The van der Waals surface area contributed by atoms with E-state index in [4.69, 9.17) is 4.74 Å². The zero-order chi connectivity index (χ0) is 18.9. The number of rotatable bonds is 5. The Hall–Kier alpha value is -1.76. The molecule has 0 fully saturated rings. The van der Waals surface area contributed by atoms with Crippen molar-refractivity contribution in [3.05, 3.63) is 52.1 Å². The topological polar surface area (TPSA) is 9.23 Å². The van der Waals surface area contributed by atoms with Gasteiger partial charge in [-0.3, -0.25) is 0 Å². The molecule has 0 aliphatic rings. The van der Waals surface area contributed by atoms with Gasteiger partial charge in [0, 0.05) is 0 Å². The molecule has 0 atom stereocenters. The largest absolute Gasteiger partial charge is 0.496 e. The summed E-state index contributed by atoms with van der Waals surface area (Å²) in [5.74, 6) is 2.47. The van der Waals surface area contributed by atoms with E-state index in [2.05, 4.69) is 79.7 Å². The Morgan fingerprint density at radius 3 is 1.64 bits per heavy atom. The molecular weight excluding hydrogens is 304 g/mol. The second kappa shape index (κ2) is 7.64. The van der Waals surface area contributed by atoms with Crippen LogP contribution in [-0.4, -0.2) is 7.11 Å². The SMILES string of the molecule is COc1ccc(C)c(-c2c(C(C)C)cc(C(C)C)cc2C(C)C)c1C. The van der Waals surface area contributed by atoms with Crippen LogP contribution in [0, 0.1) is 13.8 Å². The van der Waals surface area contributed by atoms with Gasteiger partial charge in [-0.2, -0.15) is 0 Å². The van der Waals surface area contributed by atoms with Crippen molar-refractivity contribution in [2.45, 2.75) is 73.1 Å². The molecule has 2 aromatic carbocycles. The first-order chi connectivity index (χ1) is 11.7. The third kappa shape index (κ3) is 3.76. The predicted molar refractivity (Wildman–Crippen MR) is 110 cm³/mol. The second-order valence-corrected chi connectivity index (χ2v) is 8.12. The summed E-state index contributed by atoms with van der Waals surface area (Å²) in [6.07, 6.45) is 0. The van der Waals surface area contributed by atoms with E-state index in [1.165, 1.54) is 38.9 Å². The van der Waals surface area contributed by atoms with Gasteiger partial charge < -0.3 is 4.74 Å². The van der Waals surface area contributed by atoms with Crippen LogP contribution < -0.4 is 4.74 Å². The minimum absolute atomic E-state index is 0.483. The second-order valence-electron chi connectivity index (χ2n) is 8.12. The fourth-order valence-electron chi connectivity index (χ4n) is 3.68. The summed E-state index contributed by atoms with van der Waals surface area (Å²) in [6.45, 7) is 18.2. The average Bonchev–Trinajstić information content (AvgIpc) is 2.54. The van der Waals surface area contributed by atoms with Crippen LogP contribution in [-0.2, 0) is 0 Å². The van der Waals surface area contributed by atoms with E-state index in [0.29, 0.717) is 17.8 Å². The van der Waals surface area contributed by atoms with Crippen molar-refractivity contribution in [1.82, 2.24) is 0 Å². The lowest BCUT2D eigenvalue weighted by molar-refractivity contribution is 0.412. The van der Waals surface area contributed by atoms with Crippen LogP contribution in [0.5, 0.6) is 5.75 Å². The van der Waals surface area contributed by atoms with Gasteiger partial charge in [-0.05, 0) is 76.6 Å². The summed E-state index contributed by atoms with van der Waals surface area (Å²) in [7, 11) is 1.76. The summed E-state index contributed by atoms with van der Waals surface area (Å²) in [6, 6.07) is 9.12. The summed E-state index contributed by atoms with van der Waals surface area (Å²) in [4.78, 5) is 0. The van der Waals surface area contributed by atoms with Crippen LogP contribution >= 0.6 is 0 Å². The summed E-state index contributed by atoms with van der Waals surface area (Å²) >= 11 is 0. The van der Waals surface area contributed by atoms with Crippen molar-refractivity contribution >= 4 is 0 Å². The van der Waals surface area contributed by atoms with E-state index in [-0.39, 0.29) is 0 Å². The van der Waals surface area contributed by atoms with Crippen LogP contribution in [0.25, 0.3) is 11.1 Å². The molecule has 1 nitrogen and oxygen atoms in total. The minimum atomic E-state index is 0.483. The molecule has 0 saturated heterocycles. The molecule has 0 heterocycles. The molecule has 25 heavy (non-hydrogen) atoms. The van der Waals surface area contributed by atoms with Gasteiger partial charge in [0.1, 0.15) is 5.75 Å². The van der Waals surface area contributed by atoms with Gasteiger partial charge in [0.25, 0.3) is 0 Å². The monoisotopic (exact) mass is 338 g/mol. The van der Waals surface area contributed by atoms with Crippen molar-refractivity contribution in [3.63, 3.8) is 0 Å². The molecule has 0 N–H and O–H groups in total. The van der Waals surface area contributed by atoms with Gasteiger partial charge >= 0.3 is 0 Å². The molecule has 0 bridgehead atoms. The lowest BCUT2D eigenvalue weighted by Crippen LogP contribution is -2.06. The molecule has 136 valence electrons. The van der Waals surface area contributed by atoms with E-state index in [9.17, 15) is 0 Å². The highest BCUT2D eigenvalue weighted by Crippen LogP contribution is 2.43. The molecule has 0 aliphatic heterocycles. The van der Waals surface area contributed by atoms with Gasteiger partial charge in [0.05, 0.1) is 7.11 Å². The number of hydrogen-bond donors (Lipinski definition) is 0. The van der Waals surface area contributed by atoms with Gasteiger partial charge in [-0.25, -0.2) is 0 Å². The Bertz CT molecular complexity index is 722. The van der Waals surface area contributed by atoms with E-state index in [1.54, 1.807) is 7.11 Å².